The van der Waals surface area contributed by atoms with E-state index in [-0.39, 0.29) is 35.2 Å². The molecule has 19 heavy (non-hydrogen) atoms. The SMILES string of the molecule is Cc1c(F)ccc([N+](=O)[O-])c1N1CC(CS)CC1=O. The van der Waals surface area contributed by atoms with Crippen molar-refractivity contribution in [1.29, 1.82) is 0 Å². The van der Waals surface area contributed by atoms with Crippen molar-refractivity contribution in [3.05, 3.63) is 33.6 Å². The highest BCUT2D eigenvalue weighted by atomic mass is 32.1. The van der Waals surface area contributed by atoms with Crippen molar-refractivity contribution in [1.82, 2.24) is 0 Å². The molecular formula is C12H13FN2O3S. The molecule has 1 aliphatic rings. The number of thiol groups is 1. The molecular weight excluding hydrogens is 271 g/mol. The molecule has 1 heterocycles. The van der Waals surface area contributed by atoms with Gasteiger partial charge in [0.05, 0.1) is 4.92 Å². The van der Waals surface area contributed by atoms with E-state index in [9.17, 15) is 19.3 Å². The third-order valence-corrected chi connectivity index (χ3v) is 3.79. The maximum Gasteiger partial charge on any atom is 0.293 e. The standard InChI is InChI=1S/C12H13FN2O3S/c1-7-9(13)2-3-10(15(17)18)12(7)14-5-8(6-19)4-11(14)16/h2-3,8,19H,4-6H2,1H3. The topological polar surface area (TPSA) is 63.5 Å². The minimum Gasteiger partial charge on any atom is -0.306 e. The largest absolute Gasteiger partial charge is 0.306 e. The predicted molar refractivity (Wildman–Crippen MR) is 72.1 cm³/mol. The third-order valence-electron chi connectivity index (χ3n) is 3.27. The molecule has 0 spiro atoms. The normalized spacial score (nSPS) is 19.0. The van der Waals surface area contributed by atoms with E-state index in [1.165, 1.54) is 11.8 Å². The molecule has 0 saturated carbocycles. The molecule has 0 N–H and O–H groups in total. The third kappa shape index (κ3) is 2.42. The Labute approximate surface area is 115 Å². The molecule has 0 aromatic heterocycles. The van der Waals surface area contributed by atoms with Gasteiger partial charge in [-0.1, -0.05) is 0 Å². The van der Waals surface area contributed by atoms with E-state index in [4.69, 9.17) is 0 Å². The number of hydrogen-bond acceptors (Lipinski definition) is 4. The second kappa shape index (κ2) is 5.16. The molecule has 5 nitrogen and oxygen atoms in total. The van der Waals surface area contributed by atoms with Gasteiger partial charge in [0.25, 0.3) is 5.69 Å². The van der Waals surface area contributed by atoms with Gasteiger partial charge in [0.1, 0.15) is 11.5 Å². The van der Waals surface area contributed by atoms with Crippen molar-refractivity contribution in [2.24, 2.45) is 5.92 Å². The molecule has 1 fully saturated rings. The van der Waals surface area contributed by atoms with E-state index < -0.39 is 10.7 Å². The minimum absolute atomic E-state index is 0.0399. The van der Waals surface area contributed by atoms with Crippen LogP contribution in [0.5, 0.6) is 0 Å². The predicted octanol–water partition coefficient (Wildman–Crippen LogP) is 2.33. The first-order chi connectivity index (χ1) is 8.95. The van der Waals surface area contributed by atoms with Gasteiger partial charge in [-0.3, -0.25) is 14.9 Å². The number of nitro benzene ring substituents is 1. The fourth-order valence-corrected chi connectivity index (χ4v) is 2.51. The van der Waals surface area contributed by atoms with Gasteiger partial charge in [-0.05, 0) is 24.7 Å². The summed E-state index contributed by atoms with van der Waals surface area (Å²) in [6.45, 7) is 1.78. The first-order valence-corrected chi connectivity index (χ1v) is 6.43. The van der Waals surface area contributed by atoms with Crippen molar-refractivity contribution in [3.8, 4) is 0 Å². The summed E-state index contributed by atoms with van der Waals surface area (Å²) in [5.41, 5.74) is -0.0475. The molecule has 1 aromatic carbocycles. The van der Waals surface area contributed by atoms with Gasteiger partial charge in [-0.25, -0.2) is 4.39 Å². The van der Waals surface area contributed by atoms with Gasteiger partial charge in [-0.15, -0.1) is 0 Å². The lowest BCUT2D eigenvalue weighted by atomic mass is 10.1. The summed E-state index contributed by atoms with van der Waals surface area (Å²) in [7, 11) is 0. The Kier molecular flexibility index (Phi) is 3.75. The van der Waals surface area contributed by atoms with Crippen molar-refractivity contribution in [3.63, 3.8) is 0 Å². The van der Waals surface area contributed by atoms with Crippen molar-refractivity contribution in [2.45, 2.75) is 13.3 Å². The van der Waals surface area contributed by atoms with E-state index in [2.05, 4.69) is 12.6 Å². The Hall–Kier alpha value is -1.63. The Morgan fingerprint density at radius 1 is 1.58 bits per heavy atom. The highest BCUT2D eigenvalue weighted by molar-refractivity contribution is 7.80. The number of rotatable bonds is 3. The summed E-state index contributed by atoms with van der Waals surface area (Å²) >= 11 is 4.14. The summed E-state index contributed by atoms with van der Waals surface area (Å²) in [5.74, 6) is -0.221. The summed E-state index contributed by atoms with van der Waals surface area (Å²) < 4.78 is 13.6. The molecule has 0 radical (unpaired) electrons. The van der Waals surface area contributed by atoms with Gasteiger partial charge >= 0.3 is 0 Å². The first-order valence-electron chi connectivity index (χ1n) is 5.80. The smallest absolute Gasteiger partial charge is 0.293 e. The van der Waals surface area contributed by atoms with E-state index in [1.807, 2.05) is 0 Å². The van der Waals surface area contributed by atoms with Gasteiger partial charge in [0.15, 0.2) is 0 Å². The number of carbonyl (C=O) groups excluding carboxylic acids is 1. The number of nitrogens with zero attached hydrogens (tertiary/aromatic N) is 2. The Balaban J connectivity index is 2.52. The van der Waals surface area contributed by atoms with Crippen LogP contribution >= 0.6 is 12.6 Å². The van der Waals surface area contributed by atoms with E-state index in [1.54, 1.807) is 0 Å². The van der Waals surface area contributed by atoms with Crippen molar-refractivity contribution in [2.75, 3.05) is 17.2 Å². The van der Waals surface area contributed by atoms with Crippen LogP contribution in [0.4, 0.5) is 15.8 Å². The van der Waals surface area contributed by atoms with Crippen LogP contribution in [0.3, 0.4) is 0 Å². The molecule has 1 aliphatic heterocycles. The van der Waals surface area contributed by atoms with Crippen molar-refractivity contribution < 1.29 is 14.1 Å². The zero-order chi connectivity index (χ0) is 14.2. The minimum atomic E-state index is -0.594. The van der Waals surface area contributed by atoms with Gasteiger partial charge in [0, 0.05) is 24.6 Å². The molecule has 0 aliphatic carbocycles. The molecule has 1 aromatic rings. The van der Waals surface area contributed by atoms with Crippen LogP contribution < -0.4 is 4.90 Å². The molecule has 0 bridgehead atoms. The Bertz CT molecular complexity index is 550. The molecule has 7 heteroatoms. The summed E-state index contributed by atoms with van der Waals surface area (Å²) in [6.07, 6.45) is 0.288. The lowest BCUT2D eigenvalue weighted by molar-refractivity contribution is -0.384. The molecule has 1 saturated heterocycles. The maximum absolute atomic E-state index is 13.6. The van der Waals surface area contributed by atoms with Crippen LogP contribution in [0.25, 0.3) is 0 Å². The molecule has 1 amide bonds. The molecule has 102 valence electrons. The van der Waals surface area contributed by atoms with Gasteiger partial charge in [-0.2, -0.15) is 12.6 Å². The fourth-order valence-electron chi connectivity index (χ4n) is 2.27. The van der Waals surface area contributed by atoms with Gasteiger partial charge in [0.2, 0.25) is 5.91 Å². The second-order valence-electron chi connectivity index (χ2n) is 4.55. The average molecular weight is 284 g/mol. The number of carbonyl (C=O) groups is 1. The average Bonchev–Trinajstić information content (AvgIpc) is 2.73. The monoisotopic (exact) mass is 284 g/mol. The number of benzene rings is 1. The summed E-state index contributed by atoms with van der Waals surface area (Å²) in [5, 5.41) is 11.0. The molecule has 1 atom stereocenters. The zero-order valence-electron chi connectivity index (χ0n) is 10.3. The Morgan fingerprint density at radius 2 is 2.26 bits per heavy atom. The highest BCUT2D eigenvalue weighted by Gasteiger charge is 2.35. The second-order valence-corrected chi connectivity index (χ2v) is 4.92. The summed E-state index contributed by atoms with van der Waals surface area (Å²) in [6, 6.07) is 2.15. The van der Waals surface area contributed by atoms with Crippen molar-refractivity contribution >= 4 is 29.9 Å². The number of halogens is 1. The van der Waals surface area contributed by atoms with E-state index in [0.29, 0.717) is 12.3 Å². The first kappa shape index (κ1) is 13.8. The number of amides is 1. The highest BCUT2D eigenvalue weighted by Crippen LogP contribution is 2.37. The van der Waals surface area contributed by atoms with Crippen LogP contribution in [-0.2, 0) is 4.79 Å². The maximum atomic E-state index is 13.6. The molecule has 2 rings (SSSR count). The van der Waals surface area contributed by atoms with E-state index >= 15 is 0 Å². The fraction of sp³-hybridized carbons (Fsp3) is 0.417. The number of hydrogen-bond donors (Lipinski definition) is 1. The van der Waals surface area contributed by atoms with Gasteiger partial charge < -0.3 is 4.90 Å². The van der Waals surface area contributed by atoms with Crippen LogP contribution in [0.2, 0.25) is 0 Å². The number of anilines is 1. The number of nitro groups is 1. The quantitative estimate of drug-likeness (QED) is 0.526. The van der Waals surface area contributed by atoms with Crippen LogP contribution in [-0.4, -0.2) is 23.1 Å². The lowest BCUT2D eigenvalue weighted by Gasteiger charge is -2.19. The Morgan fingerprint density at radius 3 is 2.79 bits per heavy atom. The summed E-state index contributed by atoms with van der Waals surface area (Å²) in [4.78, 5) is 23.7. The van der Waals surface area contributed by atoms with Crippen LogP contribution in [0.1, 0.15) is 12.0 Å². The van der Waals surface area contributed by atoms with Crippen LogP contribution in [0.15, 0.2) is 12.1 Å². The van der Waals surface area contributed by atoms with E-state index in [0.717, 1.165) is 12.1 Å². The molecule has 1 unspecified atom stereocenters. The van der Waals surface area contributed by atoms with Crippen LogP contribution in [0, 0.1) is 28.8 Å². The lowest BCUT2D eigenvalue weighted by Crippen LogP contribution is -2.26. The zero-order valence-corrected chi connectivity index (χ0v) is 11.2.